The maximum atomic E-state index is 14.9. The van der Waals surface area contributed by atoms with Crippen molar-refractivity contribution in [3.63, 3.8) is 0 Å². The van der Waals surface area contributed by atoms with Crippen molar-refractivity contribution in [2.24, 2.45) is 7.05 Å². The van der Waals surface area contributed by atoms with E-state index >= 15 is 0 Å². The number of fused-ring (bicyclic) bond motifs is 1. The van der Waals surface area contributed by atoms with Crippen LogP contribution in [0.4, 0.5) is 21.8 Å². The molecule has 4 aromatic heterocycles. The Bertz CT molecular complexity index is 1340. The van der Waals surface area contributed by atoms with Gasteiger partial charge in [-0.1, -0.05) is 20.8 Å². The average molecular weight is 495 g/mol. The Kier molecular flexibility index (Phi) is 6.41. The molecule has 8 nitrogen and oxygen atoms in total. The Morgan fingerprint density at radius 1 is 1.11 bits per heavy atom. The molecule has 0 atom stereocenters. The molecule has 184 valence electrons. The molecule has 10 heteroatoms. The topological polar surface area (TPSA) is 75.0 Å². The molecule has 0 spiro atoms. The summed E-state index contributed by atoms with van der Waals surface area (Å²) >= 11 is 1.54. The zero-order chi connectivity index (χ0) is 24.7. The van der Waals surface area contributed by atoms with Crippen LogP contribution >= 0.6 is 11.3 Å². The lowest BCUT2D eigenvalue weighted by Crippen LogP contribution is -2.46. The number of nitrogens with one attached hydrogen (secondary N) is 1. The zero-order valence-corrected chi connectivity index (χ0v) is 21.7. The summed E-state index contributed by atoms with van der Waals surface area (Å²) in [6, 6.07) is 3.97. The maximum absolute atomic E-state index is 14.9. The van der Waals surface area contributed by atoms with Gasteiger partial charge in [0.15, 0.2) is 5.82 Å². The number of anilines is 3. The summed E-state index contributed by atoms with van der Waals surface area (Å²) in [7, 11) is 1.93. The minimum absolute atomic E-state index is 0.279. The van der Waals surface area contributed by atoms with E-state index < -0.39 is 5.82 Å². The van der Waals surface area contributed by atoms with Gasteiger partial charge >= 0.3 is 0 Å². The van der Waals surface area contributed by atoms with E-state index in [2.05, 4.69) is 62.0 Å². The Hall–Kier alpha value is -3.11. The second kappa shape index (κ2) is 9.50. The first-order valence-electron chi connectivity index (χ1n) is 12.0. The molecule has 1 aliphatic rings. The molecule has 1 aliphatic heterocycles. The second-order valence-corrected chi connectivity index (χ2v) is 10.3. The van der Waals surface area contributed by atoms with Crippen molar-refractivity contribution in [3.05, 3.63) is 41.6 Å². The van der Waals surface area contributed by atoms with Crippen LogP contribution in [-0.4, -0.2) is 62.4 Å². The van der Waals surface area contributed by atoms with Crippen LogP contribution < -0.4 is 10.2 Å². The Morgan fingerprint density at radius 3 is 2.54 bits per heavy atom. The maximum Gasteiger partial charge on any atom is 0.229 e. The summed E-state index contributed by atoms with van der Waals surface area (Å²) in [4.78, 5) is 18.8. The zero-order valence-electron chi connectivity index (χ0n) is 20.8. The van der Waals surface area contributed by atoms with Gasteiger partial charge in [0.05, 0.1) is 38.9 Å². The number of hydrogen-bond acceptors (Lipinski definition) is 8. The fourth-order valence-corrected chi connectivity index (χ4v) is 6.06. The lowest BCUT2D eigenvalue weighted by molar-refractivity contribution is 0.271. The van der Waals surface area contributed by atoms with Gasteiger partial charge in [0.2, 0.25) is 5.95 Å². The molecule has 0 bridgehead atoms. The van der Waals surface area contributed by atoms with Crippen LogP contribution in [0.1, 0.15) is 37.9 Å². The molecule has 1 fully saturated rings. The van der Waals surface area contributed by atoms with Gasteiger partial charge in [-0.3, -0.25) is 4.68 Å². The fraction of sp³-hybridized carbons (Fsp3) is 0.440. The minimum atomic E-state index is -0.446. The van der Waals surface area contributed by atoms with Crippen LogP contribution in [0.25, 0.3) is 20.8 Å². The van der Waals surface area contributed by atoms with Gasteiger partial charge in [-0.2, -0.15) is 5.10 Å². The number of hydrogen-bond donors (Lipinski definition) is 1. The first-order valence-corrected chi connectivity index (χ1v) is 12.9. The van der Waals surface area contributed by atoms with Gasteiger partial charge in [0.25, 0.3) is 0 Å². The molecule has 35 heavy (non-hydrogen) atoms. The molecule has 0 aliphatic carbocycles. The molecule has 0 amide bonds. The molecule has 0 unspecified atom stereocenters. The van der Waals surface area contributed by atoms with E-state index in [-0.39, 0.29) is 5.92 Å². The standard InChI is InChI=1S/C25H31FN8S/c1-6-33-9-11-34(12-10-33)17-7-8-19(27-13-17)29-25-28-14-18(26)21(30-25)23-16(4)22-24(35-23)20(15(2)3)31-32(22)5/h7-8,13-15H,6,9-12H2,1-5H3,(H,27,28,29,30). The summed E-state index contributed by atoms with van der Waals surface area (Å²) in [5.74, 6) is 0.774. The summed E-state index contributed by atoms with van der Waals surface area (Å²) < 4.78 is 17.9. The molecular formula is C25H31FN8S. The van der Waals surface area contributed by atoms with Gasteiger partial charge in [-0.05, 0) is 37.1 Å². The lowest BCUT2D eigenvalue weighted by atomic mass is 10.1. The largest absolute Gasteiger partial charge is 0.368 e. The number of aryl methyl sites for hydroxylation is 2. The SMILES string of the molecule is CCN1CCN(c2ccc(Nc3ncc(F)c(-c4sc5c(C(C)C)nn(C)c5c4C)n3)nc2)CC1. The van der Waals surface area contributed by atoms with E-state index in [0.717, 1.165) is 64.8 Å². The molecule has 4 aromatic rings. The van der Waals surface area contributed by atoms with Crippen molar-refractivity contribution >= 4 is 39.0 Å². The molecule has 0 saturated carbocycles. The van der Waals surface area contributed by atoms with Crippen LogP contribution in [0.5, 0.6) is 0 Å². The normalized spacial score (nSPS) is 14.9. The quantitative estimate of drug-likeness (QED) is 0.407. The summed E-state index contributed by atoms with van der Waals surface area (Å²) in [5, 5.41) is 7.80. The van der Waals surface area contributed by atoms with Crippen molar-refractivity contribution in [1.82, 2.24) is 29.6 Å². The summed E-state index contributed by atoms with van der Waals surface area (Å²) in [6.45, 7) is 13.6. The highest BCUT2D eigenvalue weighted by Crippen LogP contribution is 2.41. The molecule has 5 rings (SSSR count). The van der Waals surface area contributed by atoms with E-state index in [1.165, 1.54) is 17.5 Å². The van der Waals surface area contributed by atoms with Gasteiger partial charge < -0.3 is 15.1 Å². The van der Waals surface area contributed by atoms with Crippen molar-refractivity contribution < 1.29 is 4.39 Å². The van der Waals surface area contributed by atoms with E-state index in [0.29, 0.717) is 17.5 Å². The van der Waals surface area contributed by atoms with Crippen molar-refractivity contribution in [2.75, 3.05) is 42.9 Å². The average Bonchev–Trinajstić information content (AvgIpc) is 3.38. The predicted octanol–water partition coefficient (Wildman–Crippen LogP) is 4.94. The number of nitrogens with zero attached hydrogens (tertiary/aromatic N) is 7. The highest BCUT2D eigenvalue weighted by Gasteiger charge is 2.23. The second-order valence-electron chi connectivity index (χ2n) is 9.24. The Morgan fingerprint density at radius 2 is 1.89 bits per heavy atom. The van der Waals surface area contributed by atoms with E-state index in [4.69, 9.17) is 0 Å². The van der Waals surface area contributed by atoms with E-state index in [1.807, 2.05) is 30.9 Å². The number of halogens is 1. The highest BCUT2D eigenvalue weighted by molar-refractivity contribution is 7.22. The molecule has 5 heterocycles. The monoisotopic (exact) mass is 494 g/mol. The van der Waals surface area contributed by atoms with Crippen LogP contribution in [0.2, 0.25) is 0 Å². The third-order valence-electron chi connectivity index (χ3n) is 6.61. The van der Waals surface area contributed by atoms with Crippen molar-refractivity contribution in [1.29, 1.82) is 0 Å². The summed E-state index contributed by atoms with van der Waals surface area (Å²) in [5.41, 5.74) is 4.42. The smallest absolute Gasteiger partial charge is 0.229 e. The van der Waals surface area contributed by atoms with Gasteiger partial charge in [-0.15, -0.1) is 11.3 Å². The molecule has 0 aromatic carbocycles. The first kappa shape index (κ1) is 23.6. The van der Waals surface area contributed by atoms with Gasteiger partial charge in [-0.25, -0.2) is 19.3 Å². The van der Waals surface area contributed by atoms with Crippen molar-refractivity contribution in [3.8, 4) is 10.6 Å². The molecular weight excluding hydrogens is 463 g/mol. The lowest BCUT2D eigenvalue weighted by Gasteiger charge is -2.35. The third-order valence-corrected chi connectivity index (χ3v) is 7.92. The third kappa shape index (κ3) is 4.48. The number of aromatic nitrogens is 5. The van der Waals surface area contributed by atoms with E-state index in [9.17, 15) is 4.39 Å². The summed E-state index contributed by atoms with van der Waals surface area (Å²) in [6.07, 6.45) is 3.09. The highest BCUT2D eigenvalue weighted by atomic mass is 32.1. The number of likely N-dealkylation sites (N-methyl/N-ethyl adjacent to an activating group) is 1. The number of thiophene rings is 1. The van der Waals surface area contributed by atoms with Crippen LogP contribution in [0.3, 0.4) is 0 Å². The van der Waals surface area contributed by atoms with E-state index in [1.54, 1.807) is 0 Å². The first-order chi connectivity index (χ1) is 16.9. The van der Waals surface area contributed by atoms with Crippen LogP contribution in [0.15, 0.2) is 24.5 Å². The fourth-order valence-electron chi connectivity index (χ4n) is 4.60. The van der Waals surface area contributed by atoms with Gasteiger partial charge in [0, 0.05) is 33.2 Å². The van der Waals surface area contributed by atoms with Gasteiger partial charge in [0.1, 0.15) is 11.5 Å². The number of piperazine rings is 1. The Labute approximate surface area is 208 Å². The van der Waals surface area contributed by atoms with Crippen LogP contribution in [-0.2, 0) is 7.05 Å². The number of rotatable bonds is 6. The number of pyridine rings is 1. The van der Waals surface area contributed by atoms with Crippen molar-refractivity contribution in [2.45, 2.75) is 33.6 Å². The minimum Gasteiger partial charge on any atom is -0.368 e. The molecule has 1 saturated heterocycles. The predicted molar refractivity (Wildman–Crippen MR) is 140 cm³/mol. The van der Waals surface area contributed by atoms with Crippen LogP contribution in [0, 0.1) is 12.7 Å². The molecule has 1 N–H and O–H groups in total. The molecule has 0 radical (unpaired) electrons. The Balaban J connectivity index is 1.39.